The van der Waals surface area contributed by atoms with Gasteiger partial charge in [0.25, 0.3) is 11.1 Å². The maximum absolute atomic E-state index is 15.6. The molecule has 1 unspecified atom stereocenters. The largest absolute Gasteiger partial charge is 0.416 e. The van der Waals surface area contributed by atoms with Crippen LogP contribution >= 0.6 is 23.5 Å². The van der Waals surface area contributed by atoms with Crippen LogP contribution in [0.15, 0.2) is 159 Å². The van der Waals surface area contributed by atoms with E-state index in [0.29, 0.717) is 43.9 Å². The van der Waals surface area contributed by atoms with Gasteiger partial charge in [-0.25, -0.2) is 8.78 Å². The number of hydrogen-bond donors (Lipinski definition) is 0. The number of likely N-dealkylation sites (N-methyl/N-ethyl adjacent to an activating group) is 2. The van der Waals surface area contributed by atoms with Crippen LogP contribution in [-0.2, 0) is 78.5 Å². The van der Waals surface area contributed by atoms with Gasteiger partial charge >= 0.3 is 12.4 Å². The third kappa shape index (κ3) is 18.6. The van der Waals surface area contributed by atoms with Crippen molar-refractivity contribution in [2.24, 2.45) is 0 Å². The standard InChI is InChI=1S/2C37H40F4N4O2S/c1-4-43(5-2)21-22-44(25(3)27-11-13-28(14-12-27)29-15-17-30(18-16-29)37(39,40)41)34(46)23-45-33-8-6-7-32(33)35(47)42-36(45)48-24-26-9-19-31(38)20-10-26;1-4-43(5-2)19-20-44(22-26-9-13-28(14-10-26)29-15-18-32(25(3)21-29)37(39,40)41)34(46)23-45-33-8-6-7-31(33)35(47)42-36(45)48-24-27-11-16-30(38)17-12-27/h9-20,25H,4-8,21-24H2,1-3H3;9-18,21H,4-8,19-20,22-24H2,1-3H3/i4D2,5D2,21D2,22D2,23D2,25D;4D2,5D2,6D2,7D2,8D2,9D,10D,11D,12D,13D,14D,15D,16D,17D,18D,19D2,20D2,21D,22D2,23D2. The minimum atomic E-state index is -5.38. The van der Waals surface area contributed by atoms with Gasteiger partial charge in [-0.2, -0.15) is 36.3 Å². The molecule has 1 atom stereocenters. The number of rotatable bonds is 26. The van der Waals surface area contributed by atoms with Crippen LogP contribution in [0.2, 0.25) is 0 Å². The fourth-order valence-corrected chi connectivity index (χ4v) is 10.6. The number of benzene rings is 6. The monoisotopic (exact) mass is 1400 g/mol. The van der Waals surface area contributed by atoms with Crippen LogP contribution in [0.5, 0.6) is 0 Å². The number of carbonyl (C=O) groups excluding carboxylic acids is 2. The van der Waals surface area contributed by atoms with Gasteiger partial charge in [-0.3, -0.25) is 19.2 Å². The molecule has 0 bridgehead atoms. The number of alkyl halides is 6. The van der Waals surface area contributed by atoms with E-state index in [1.54, 1.807) is 0 Å². The second-order valence-corrected chi connectivity index (χ2v) is 21.7. The highest BCUT2D eigenvalue weighted by Crippen LogP contribution is 2.36. The lowest BCUT2D eigenvalue weighted by molar-refractivity contribution is -0.138. The smallest absolute Gasteiger partial charge is 0.336 e. The lowest BCUT2D eigenvalue weighted by Gasteiger charge is -2.33. The van der Waals surface area contributed by atoms with Gasteiger partial charge in [0.1, 0.15) is 24.6 Å². The molecule has 96 heavy (non-hydrogen) atoms. The second kappa shape index (κ2) is 32.9. The molecule has 8 aromatic rings. The van der Waals surface area contributed by atoms with E-state index >= 15 is 9.59 Å². The molecular formula is C74H80F8N8O4S2. The molecule has 0 fully saturated rings. The molecule has 0 aliphatic heterocycles. The van der Waals surface area contributed by atoms with E-state index in [1.807, 2.05) is 0 Å². The van der Waals surface area contributed by atoms with Gasteiger partial charge in [0.15, 0.2) is 10.3 Å². The third-order valence-corrected chi connectivity index (χ3v) is 15.6. The van der Waals surface area contributed by atoms with Crippen molar-refractivity contribution in [3.8, 4) is 22.3 Å². The summed E-state index contributed by atoms with van der Waals surface area (Å²) in [6.45, 7) is -39.2. The van der Waals surface area contributed by atoms with Crippen molar-refractivity contribution in [1.82, 2.24) is 38.7 Å². The first-order chi connectivity index (χ1) is 61.1. The highest BCUT2D eigenvalue weighted by molar-refractivity contribution is 7.98. The molecule has 2 aliphatic carbocycles. The number of hydrogen-bond acceptors (Lipinski definition) is 10. The summed E-state index contributed by atoms with van der Waals surface area (Å²) in [6.07, 6.45) is -21.4. The summed E-state index contributed by atoms with van der Waals surface area (Å²) < 4.78 is 460. The SMILES string of the molecule is [2H]C([2H])(C)N(C([2H])([2H])C)C([2H])([2H])C([2H])([2H])N(C(=O)C([2H])([2H])n1c(SCc2ccc(F)cc2)nc(=O)c2c1CCC2)C([2H])(C)c1ccc(-c2ccc(C(F)(F)F)cc2)cc1.[2H]c1c([2H])c(CSc2nc(=O)c3c(n2C([2H])([2H])C(=O)N(C([2H])([2H])c2c([2H])c([2H])c(-c4c([2H])c([2H])c(C(F)(F)F)c(C)c4[2H])c([2H])c2[2H])C([2H])([2H])C([2H])([2H])N(C([2H])([2H])C)C([2H])([2H])C)C([2H])([2H])C([2H])([2H])C3([2H])[2H])c([2H])c([2H])c1F. The van der Waals surface area contributed by atoms with E-state index in [-0.39, 0.29) is 62.1 Å². The number of aromatic nitrogens is 4. The minimum Gasteiger partial charge on any atom is -0.336 e. The predicted octanol–water partition coefficient (Wildman–Crippen LogP) is 15.3. The van der Waals surface area contributed by atoms with Gasteiger partial charge in [-0.05, 0) is 171 Å². The lowest BCUT2D eigenvalue weighted by atomic mass is 9.98. The Morgan fingerprint density at radius 3 is 1.74 bits per heavy atom. The molecule has 12 nitrogen and oxygen atoms in total. The molecule has 2 aromatic heterocycles. The van der Waals surface area contributed by atoms with Crippen LogP contribution in [0.1, 0.15) is 170 Å². The second-order valence-electron chi connectivity index (χ2n) is 19.8. The van der Waals surface area contributed by atoms with Crippen molar-refractivity contribution in [2.75, 3.05) is 52.0 Å². The van der Waals surface area contributed by atoms with Crippen molar-refractivity contribution >= 4 is 35.3 Å². The Morgan fingerprint density at radius 1 is 0.604 bits per heavy atom. The fraction of sp³-hybridized carbons (Fsp3) is 0.378. The molecule has 10 rings (SSSR count). The summed E-state index contributed by atoms with van der Waals surface area (Å²) in [5, 5.41) is -1.80. The van der Waals surface area contributed by atoms with Crippen molar-refractivity contribution in [1.29, 1.82) is 0 Å². The Morgan fingerprint density at radius 2 is 1.15 bits per heavy atom. The molecule has 6 aromatic carbocycles. The van der Waals surface area contributed by atoms with Crippen LogP contribution < -0.4 is 11.1 Å². The number of fused-ring (bicyclic) bond motifs is 2. The molecule has 0 saturated carbocycles. The summed E-state index contributed by atoms with van der Waals surface area (Å²) >= 11 is 0.654. The molecule has 0 saturated heterocycles. The van der Waals surface area contributed by atoms with E-state index in [4.69, 9.17) is 39.8 Å². The Labute approximate surface area is 620 Å². The van der Waals surface area contributed by atoms with Crippen LogP contribution in [0.3, 0.4) is 0 Å². The van der Waals surface area contributed by atoms with E-state index in [2.05, 4.69) is 9.97 Å². The van der Waals surface area contributed by atoms with E-state index in [1.165, 1.54) is 60.7 Å². The molecule has 2 aliphatic rings. The topological polar surface area (TPSA) is 117 Å². The van der Waals surface area contributed by atoms with Gasteiger partial charge in [0.05, 0.1) is 47.3 Å². The van der Waals surface area contributed by atoms with Crippen molar-refractivity contribution in [2.45, 2.75) is 140 Å². The van der Waals surface area contributed by atoms with Gasteiger partial charge in [0, 0.05) is 91.2 Å². The normalized spacial score (nSPS) is 22.8. The van der Waals surface area contributed by atoms with Crippen LogP contribution in [0, 0.1) is 18.6 Å². The van der Waals surface area contributed by atoms with Crippen molar-refractivity contribution < 1.29 is 99.5 Å². The average Bonchev–Trinajstić information content (AvgIpc) is 1.50. The van der Waals surface area contributed by atoms with Crippen LogP contribution in [-0.4, -0.2) is 102 Å². The Hall–Kier alpha value is -7.92. The maximum Gasteiger partial charge on any atom is 0.416 e. The summed E-state index contributed by atoms with van der Waals surface area (Å²) in [5.74, 6) is -8.20. The first kappa shape index (κ1) is 36.1. The van der Waals surface area contributed by atoms with Crippen LogP contribution in [0.4, 0.5) is 35.1 Å². The van der Waals surface area contributed by atoms with E-state index in [0.717, 1.165) is 49.2 Å². The third-order valence-electron chi connectivity index (χ3n) is 13.6. The first-order valence-corrected chi connectivity index (χ1v) is 30.1. The molecule has 22 heteroatoms. The van der Waals surface area contributed by atoms with Gasteiger partial charge in [-0.15, -0.1) is 0 Å². The average molecular weight is 1400 g/mol. The number of halogens is 8. The van der Waals surface area contributed by atoms with Crippen molar-refractivity contribution in [3.63, 3.8) is 0 Å². The Kier molecular flexibility index (Phi) is 12.4. The van der Waals surface area contributed by atoms with Gasteiger partial charge < -0.3 is 28.7 Å². The zero-order valence-electron chi connectivity index (χ0n) is 91.0. The Balaban J connectivity index is 0.000000316. The molecule has 2 amide bonds. The first-order valence-electron chi connectivity index (χ1n) is 48.1. The quantitative estimate of drug-likeness (QED) is 0.0295. The predicted molar refractivity (Wildman–Crippen MR) is 363 cm³/mol. The molecule has 0 radical (unpaired) electrons. The lowest BCUT2D eigenvalue weighted by Crippen LogP contribution is -2.42. The summed E-state index contributed by atoms with van der Waals surface area (Å²) in [4.78, 5) is 63.2. The zero-order valence-corrected chi connectivity index (χ0v) is 52.6. The molecule has 0 spiro atoms. The maximum atomic E-state index is 15.6. The highest BCUT2D eigenvalue weighted by Gasteiger charge is 2.34. The number of amides is 2. The zero-order chi connectivity index (χ0) is 104. The number of carbonyl (C=O) groups is 2. The highest BCUT2D eigenvalue weighted by atomic mass is 32.2. The number of thioether (sulfide) groups is 2. The van der Waals surface area contributed by atoms with Gasteiger partial charge in [0.2, 0.25) is 11.8 Å². The van der Waals surface area contributed by atoms with Crippen LogP contribution in [0.25, 0.3) is 22.3 Å². The molecule has 2 heterocycles. The molecule has 0 N–H and O–H groups in total. The minimum absolute atomic E-state index is 0.00354. The van der Waals surface area contributed by atoms with Crippen molar-refractivity contribution in [3.05, 3.63) is 233 Å². The van der Waals surface area contributed by atoms with Gasteiger partial charge in [-0.1, -0.05) is 148 Å². The molecular weight excluding hydrogens is 1280 g/mol. The summed E-state index contributed by atoms with van der Waals surface area (Å²) in [7, 11) is 0. The number of nitrogens with zero attached hydrogens (tertiary/aromatic N) is 8. The fourth-order valence-electron chi connectivity index (χ4n) is 8.84. The summed E-state index contributed by atoms with van der Waals surface area (Å²) in [5.41, 5.74) is -14.2. The molecule has 508 valence electrons. The Bertz CT molecular complexity index is 6070. The van der Waals surface area contributed by atoms with E-state index < -0.39 is 285 Å². The van der Waals surface area contributed by atoms with E-state index in [9.17, 15) is 59.8 Å². The summed E-state index contributed by atoms with van der Waals surface area (Å²) in [6, 6.07) is -4.57.